The Bertz CT molecular complexity index is 600. The summed E-state index contributed by atoms with van der Waals surface area (Å²) in [5.74, 6) is 6.52. The lowest BCUT2D eigenvalue weighted by atomic mass is 10.1. The highest BCUT2D eigenvalue weighted by molar-refractivity contribution is 5.47. The first-order valence-corrected chi connectivity index (χ1v) is 5.53. The molecule has 2 aromatic carbocycles. The lowest BCUT2D eigenvalue weighted by Gasteiger charge is -1.97. The molecule has 0 fully saturated rings. The highest BCUT2D eigenvalue weighted by Crippen LogP contribution is 2.16. The van der Waals surface area contributed by atoms with E-state index < -0.39 is 0 Å². The number of rotatable bonds is 0. The summed E-state index contributed by atoms with van der Waals surface area (Å²) in [6.45, 7) is 3.92. The van der Waals surface area contributed by atoms with E-state index in [2.05, 4.69) is 30.9 Å². The summed E-state index contributed by atoms with van der Waals surface area (Å²) in [7, 11) is 0. The molecular formula is C16H14O. The molecule has 1 heteroatoms. The predicted molar refractivity (Wildman–Crippen MR) is 70.0 cm³/mol. The predicted octanol–water partition coefficient (Wildman–Crippen LogP) is 3.41. The number of hydrogen-bond donors (Lipinski definition) is 1. The second kappa shape index (κ2) is 4.76. The van der Waals surface area contributed by atoms with Crippen LogP contribution in [0.15, 0.2) is 42.5 Å². The third-order valence-corrected chi connectivity index (χ3v) is 2.57. The maximum atomic E-state index is 9.42. The Morgan fingerprint density at radius 3 is 2.24 bits per heavy atom. The summed E-state index contributed by atoms with van der Waals surface area (Å²) >= 11 is 0. The molecule has 84 valence electrons. The summed E-state index contributed by atoms with van der Waals surface area (Å²) in [6, 6.07) is 13.5. The van der Waals surface area contributed by atoms with E-state index in [1.807, 2.05) is 31.2 Å². The van der Waals surface area contributed by atoms with Gasteiger partial charge in [-0.25, -0.2) is 0 Å². The van der Waals surface area contributed by atoms with E-state index in [0.717, 1.165) is 16.7 Å². The number of aromatic hydroxyl groups is 1. The van der Waals surface area contributed by atoms with E-state index in [-0.39, 0.29) is 0 Å². The minimum absolute atomic E-state index is 0.311. The number of phenols is 1. The first-order valence-electron chi connectivity index (χ1n) is 5.53. The van der Waals surface area contributed by atoms with Crippen molar-refractivity contribution in [1.29, 1.82) is 0 Å². The second-order valence-corrected chi connectivity index (χ2v) is 4.12. The quantitative estimate of drug-likeness (QED) is 0.677. The van der Waals surface area contributed by atoms with Crippen LogP contribution in [0, 0.1) is 25.7 Å². The van der Waals surface area contributed by atoms with Gasteiger partial charge in [-0.05, 0) is 55.3 Å². The molecule has 0 atom stereocenters. The molecule has 0 saturated heterocycles. The Morgan fingerprint density at radius 1 is 0.882 bits per heavy atom. The van der Waals surface area contributed by atoms with Crippen molar-refractivity contribution in [3.63, 3.8) is 0 Å². The van der Waals surface area contributed by atoms with Gasteiger partial charge in [0, 0.05) is 11.1 Å². The Balaban J connectivity index is 2.30. The molecule has 17 heavy (non-hydrogen) atoms. The second-order valence-electron chi connectivity index (χ2n) is 4.12. The molecule has 0 aromatic heterocycles. The zero-order chi connectivity index (χ0) is 12.3. The molecule has 2 rings (SSSR count). The van der Waals surface area contributed by atoms with Crippen molar-refractivity contribution in [2.75, 3.05) is 0 Å². The van der Waals surface area contributed by atoms with Gasteiger partial charge in [0.05, 0.1) is 0 Å². The molecule has 0 heterocycles. The van der Waals surface area contributed by atoms with Crippen LogP contribution in [0.5, 0.6) is 5.75 Å². The van der Waals surface area contributed by atoms with Crippen LogP contribution >= 0.6 is 0 Å². The van der Waals surface area contributed by atoms with Crippen molar-refractivity contribution in [2.24, 2.45) is 0 Å². The van der Waals surface area contributed by atoms with Gasteiger partial charge in [0.1, 0.15) is 5.75 Å². The average molecular weight is 222 g/mol. The molecule has 0 unspecified atom stereocenters. The molecule has 1 nitrogen and oxygen atoms in total. The minimum atomic E-state index is 0.311. The number of hydrogen-bond acceptors (Lipinski definition) is 1. The highest BCUT2D eigenvalue weighted by Gasteiger charge is 1.95. The molecular weight excluding hydrogens is 208 g/mol. The van der Waals surface area contributed by atoms with E-state index in [9.17, 15) is 5.11 Å². The van der Waals surface area contributed by atoms with Gasteiger partial charge in [-0.1, -0.05) is 24.0 Å². The fourth-order valence-electron chi connectivity index (χ4n) is 1.60. The standard InChI is InChI=1S/C16H14O/c1-12-4-3-5-14(10-12)6-7-15-8-9-16(17)13(2)11-15/h3-5,8-11,17H,1-2H3. The van der Waals surface area contributed by atoms with Crippen LogP contribution in [0.25, 0.3) is 0 Å². The van der Waals surface area contributed by atoms with Gasteiger partial charge in [-0.2, -0.15) is 0 Å². The Labute approximate surface area is 102 Å². The van der Waals surface area contributed by atoms with Gasteiger partial charge in [-0.15, -0.1) is 0 Å². The Kier molecular flexibility index (Phi) is 3.16. The number of phenolic OH excluding ortho intramolecular Hbond substituents is 1. The van der Waals surface area contributed by atoms with Gasteiger partial charge in [0.2, 0.25) is 0 Å². The fraction of sp³-hybridized carbons (Fsp3) is 0.125. The van der Waals surface area contributed by atoms with E-state index in [1.165, 1.54) is 5.56 Å². The number of benzene rings is 2. The molecule has 0 amide bonds. The molecule has 1 N–H and O–H groups in total. The van der Waals surface area contributed by atoms with Crippen LogP contribution in [0.1, 0.15) is 22.3 Å². The smallest absolute Gasteiger partial charge is 0.118 e. The van der Waals surface area contributed by atoms with Gasteiger partial charge < -0.3 is 5.11 Å². The van der Waals surface area contributed by atoms with E-state index in [1.54, 1.807) is 6.07 Å². The topological polar surface area (TPSA) is 20.2 Å². The molecule has 0 aliphatic rings. The van der Waals surface area contributed by atoms with E-state index in [4.69, 9.17) is 0 Å². The molecule has 0 saturated carbocycles. The van der Waals surface area contributed by atoms with Crippen molar-refractivity contribution < 1.29 is 5.11 Å². The molecule has 0 aliphatic carbocycles. The van der Waals surface area contributed by atoms with Crippen LogP contribution in [-0.2, 0) is 0 Å². The van der Waals surface area contributed by atoms with Gasteiger partial charge in [0.25, 0.3) is 0 Å². The van der Waals surface area contributed by atoms with Crippen molar-refractivity contribution >= 4 is 0 Å². The normalized spacial score (nSPS) is 9.53. The largest absolute Gasteiger partial charge is 0.508 e. The lowest BCUT2D eigenvalue weighted by Crippen LogP contribution is -1.80. The van der Waals surface area contributed by atoms with Crippen LogP contribution in [-0.4, -0.2) is 5.11 Å². The molecule has 0 spiro atoms. The zero-order valence-electron chi connectivity index (χ0n) is 9.99. The third-order valence-electron chi connectivity index (χ3n) is 2.57. The number of aryl methyl sites for hydroxylation is 2. The van der Waals surface area contributed by atoms with Crippen molar-refractivity contribution in [1.82, 2.24) is 0 Å². The monoisotopic (exact) mass is 222 g/mol. The Hall–Kier alpha value is -2.20. The summed E-state index contributed by atoms with van der Waals surface area (Å²) in [5.41, 5.74) is 3.98. The molecule has 0 bridgehead atoms. The maximum absolute atomic E-state index is 9.42. The first kappa shape index (κ1) is 11.3. The first-order chi connectivity index (χ1) is 8.15. The van der Waals surface area contributed by atoms with Crippen LogP contribution < -0.4 is 0 Å². The summed E-state index contributed by atoms with van der Waals surface area (Å²) < 4.78 is 0. The molecule has 2 aromatic rings. The average Bonchev–Trinajstić information content (AvgIpc) is 2.31. The van der Waals surface area contributed by atoms with Gasteiger partial charge in [-0.3, -0.25) is 0 Å². The van der Waals surface area contributed by atoms with Gasteiger partial charge >= 0.3 is 0 Å². The van der Waals surface area contributed by atoms with Crippen LogP contribution in [0.2, 0.25) is 0 Å². The SMILES string of the molecule is Cc1cccc(C#Cc2ccc(O)c(C)c2)c1. The lowest BCUT2D eigenvalue weighted by molar-refractivity contribution is 0.471. The fourth-order valence-corrected chi connectivity index (χ4v) is 1.60. The maximum Gasteiger partial charge on any atom is 0.118 e. The van der Waals surface area contributed by atoms with E-state index >= 15 is 0 Å². The van der Waals surface area contributed by atoms with Crippen LogP contribution in [0.3, 0.4) is 0 Å². The van der Waals surface area contributed by atoms with Gasteiger partial charge in [0.15, 0.2) is 0 Å². The van der Waals surface area contributed by atoms with Crippen molar-refractivity contribution in [3.8, 4) is 17.6 Å². The summed E-state index contributed by atoms with van der Waals surface area (Å²) in [6.07, 6.45) is 0. The minimum Gasteiger partial charge on any atom is -0.508 e. The van der Waals surface area contributed by atoms with Crippen LogP contribution in [0.4, 0.5) is 0 Å². The molecule has 0 aliphatic heterocycles. The van der Waals surface area contributed by atoms with Crippen molar-refractivity contribution in [3.05, 3.63) is 64.7 Å². The van der Waals surface area contributed by atoms with E-state index in [0.29, 0.717) is 5.75 Å². The third kappa shape index (κ3) is 2.89. The summed E-state index contributed by atoms with van der Waals surface area (Å²) in [5, 5.41) is 9.42. The Morgan fingerprint density at radius 2 is 1.59 bits per heavy atom. The molecule has 0 radical (unpaired) electrons. The zero-order valence-corrected chi connectivity index (χ0v) is 9.99. The van der Waals surface area contributed by atoms with Crippen molar-refractivity contribution in [2.45, 2.75) is 13.8 Å². The highest BCUT2D eigenvalue weighted by atomic mass is 16.3. The summed E-state index contributed by atoms with van der Waals surface area (Å²) in [4.78, 5) is 0.